The minimum Gasteiger partial charge on any atom is -0.391 e. The van der Waals surface area contributed by atoms with Gasteiger partial charge in [-0.15, -0.1) is 0 Å². The molecule has 0 amide bonds. The minimum absolute atomic E-state index is 0.0102. The fourth-order valence-electron chi connectivity index (χ4n) is 2.76. The number of benzene rings is 1. The van der Waals surface area contributed by atoms with Crippen molar-refractivity contribution in [1.82, 2.24) is 0 Å². The molecule has 1 N–H and O–H groups in total. The average molecular weight is 264 g/mol. The highest BCUT2D eigenvalue weighted by molar-refractivity contribution is 5.56. The van der Waals surface area contributed by atoms with Gasteiger partial charge in [0.1, 0.15) is 0 Å². The van der Waals surface area contributed by atoms with Gasteiger partial charge in [0.25, 0.3) is 5.69 Å². The lowest BCUT2D eigenvalue weighted by atomic mass is 9.91. The number of nitro groups is 1. The fraction of sp³-hybridized carbons (Fsp3) is 0.571. The molecule has 1 fully saturated rings. The third-order valence-electron chi connectivity index (χ3n) is 4.14. The van der Waals surface area contributed by atoms with Gasteiger partial charge < -0.3 is 10.0 Å². The number of aliphatic hydroxyl groups excluding tert-OH is 1. The lowest BCUT2D eigenvalue weighted by molar-refractivity contribution is -0.385. The van der Waals surface area contributed by atoms with Gasteiger partial charge in [0.2, 0.25) is 0 Å². The quantitative estimate of drug-likeness (QED) is 0.673. The maximum Gasteiger partial charge on any atom is 0.275 e. The summed E-state index contributed by atoms with van der Waals surface area (Å²) in [5.74, 6) is 0.613. The zero-order valence-corrected chi connectivity index (χ0v) is 11.4. The summed E-state index contributed by atoms with van der Waals surface area (Å²) in [5, 5.41) is 20.2. The van der Waals surface area contributed by atoms with Crippen molar-refractivity contribution in [3.8, 4) is 0 Å². The van der Waals surface area contributed by atoms with Crippen molar-refractivity contribution in [1.29, 1.82) is 0 Å². The van der Waals surface area contributed by atoms with Crippen LogP contribution in [0.4, 0.5) is 11.4 Å². The molecule has 5 heteroatoms. The summed E-state index contributed by atoms with van der Waals surface area (Å²) < 4.78 is 0. The van der Waals surface area contributed by atoms with Gasteiger partial charge >= 0.3 is 0 Å². The van der Waals surface area contributed by atoms with E-state index in [-0.39, 0.29) is 12.3 Å². The van der Waals surface area contributed by atoms with Crippen LogP contribution in [0.1, 0.15) is 32.3 Å². The number of piperidine rings is 1. The lowest BCUT2D eigenvalue weighted by Gasteiger charge is -2.39. The normalized spacial score (nSPS) is 23.4. The van der Waals surface area contributed by atoms with E-state index in [9.17, 15) is 15.2 Å². The highest BCUT2D eigenvalue weighted by atomic mass is 16.6. The number of aliphatic hydroxyl groups is 1. The summed E-state index contributed by atoms with van der Waals surface area (Å²) in [5.41, 5.74) is 1.34. The summed E-state index contributed by atoms with van der Waals surface area (Å²) >= 11 is 0. The van der Waals surface area contributed by atoms with Crippen LogP contribution >= 0.6 is 0 Å². The third-order valence-corrected chi connectivity index (χ3v) is 4.14. The molecule has 1 heterocycles. The van der Waals surface area contributed by atoms with Gasteiger partial charge in [-0.05, 0) is 37.8 Å². The Bertz CT molecular complexity index is 476. The molecule has 5 nitrogen and oxygen atoms in total. The Morgan fingerprint density at radius 1 is 1.47 bits per heavy atom. The smallest absolute Gasteiger partial charge is 0.275 e. The molecular weight excluding hydrogens is 244 g/mol. The van der Waals surface area contributed by atoms with E-state index in [4.69, 9.17) is 0 Å². The van der Waals surface area contributed by atoms with Crippen molar-refractivity contribution in [3.05, 3.63) is 33.9 Å². The van der Waals surface area contributed by atoms with Gasteiger partial charge in [0.05, 0.1) is 17.1 Å². The first kappa shape index (κ1) is 13.8. The van der Waals surface area contributed by atoms with E-state index < -0.39 is 4.92 Å². The lowest BCUT2D eigenvalue weighted by Crippen LogP contribution is -2.42. The number of anilines is 1. The molecule has 0 bridgehead atoms. The molecule has 0 aromatic heterocycles. The predicted molar refractivity (Wildman–Crippen MR) is 74.2 cm³/mol. The number of nitrogens with zero attached hydrogens (tertiary/aromatic N) is 2. The van der Waals surface area contributed by atoms with Crippen molar-refractivity contribution >= 4 is 11.4 Å². The molecule has 2 rings (SSSR count). The highest BCUT2D eigenvalue weighted by Crippen LogP contribution is 2.31. The van der Waals surface area contributed by atoms with Crippen LogP contribution in [-0.4, -0.2) is 22.6 Å². The first-order chi connectivity index (χ1) is 9.04. The molecule has 0 radical (unpaired) electrons. The van der Waals surface area contributed by atoms with Crippen LogP contribution in [0.15, 0.2) is 18.2 Å². The van der Waals surface area contributed by atoms with E-state index >= 15 is 0 Å². The van der Waals surface area contributed by atoms with E-state index in [1.165, 1.54) is 12.5 Å². The zero-order chi connectivity index (χ0) is 14.0. The van der Waals surface area contributed by atoms with Crippen LogP contribution in [0.2, 0.25) is 0 Å². The molecule has 1 aliphatic rings. The molecule has 0 spiro atoms. The van der Waals surface area contributed by atoms with Gasteiger partial charge in [0.15, 0.2) is 0 Å². The van der Waals surface area contributed by atoms with Crippen molar-refractivity contribution in [2.24, 2.45) is 5.92 Å². The Labute approximate surface area is 113 Å². The Hall–Kier alpha value is -1.62. The number of hydrogen-bond donors (Lipinski definition) is 1. The Kier molecular flexibility index (Phi) is 4.04. The SMILES string of the molecule is CC1CCCN(c2ccc([N+](=O)[O-])c(CO)c2)C1C. The second-order valence-electron chi connectivity index (χ2n) is 5.28. The van der Waals surface area contributed by atoms with E-state index in [2.05, 4.69) is 18.7 Å². The van der Waals surface area contributed by atoms with Crippen LogP contribution < -0.4 is 4.90 Å². The van der Waals surface area contributed by atoms with Crippen molar-refractivity contribution in [2.45, 2.75) is 39.3 Å². The molecule has 19 heavy (non-hydrogen) atoms. The average Bonchev–Trinajstić information content (AvgIpc) is 2.41. The first-order valence-corrected chi connectivity index (χ1v) is 6.69. The number of hydrogen-bond acceptors (Lipinski definition) is 4. The van der Waals surface area contributed by atoms with E-state index in [0.29, 0.717) is 17.5 Å². The third kappa shape index (κ3) is 2.71. The molecule has 2 unspecified atom stereocenters. The van der Waals surface area contributed by atoms with E-state index in [1.807, 2.05) is 0 Å². The largest absolute Gasteiger partial charge is 0.391 e. The van der Waals surface area contributed by atoms with Gasteiger partial charge in [-0.3, -0.25) is 10.1 Å². The molecule has 0 saturated carbocycles. The molecule has 2 atom stereocenters. The molecule has 1 aromatic rings. The summed E-state index contributed by atoms with van der Waals surface area (Å²) in [4.78, 5) is 12.7. The van der Waals surface area contributed by atoms with Gasteiger partial charge in [-0.2, -0.15) is 0 Å². The van der Waals surface area contributed by atoms with Crippen LogP contribution in [0.3, 0.4) is 0 Å². The van der Waals surface area contributed by atoms with E-state index in [1.54, 1.807) is 12.1 Å². The molecule has 1 aromatic carbocycles. The van der Waals surface area contributed by atoms with Crippen LogP contribution in [0.5, 0.6) is 0 Å². The molecule has 1 saturated heterocycles. The van der Waals surface area contributed by atoms with Crippen molar-refractivity contribution < 1.29 is 10.0 Å². The summed E-state index contributed by atoms with van der Waals surface area (Å²) in [6, 6.07) is 5.44. The second kappa shape index (κ2) is 5.57. The first-order valence-electron chi connectivity index (χ1n) is 6.69. The molecule has 0 aliphatic carbocycles. The van der Waals surface area contributed by atoms with Crippen LogP contribution in [-0.2, 0) is 6.61 Å². The number of nitro benzene ring substituents is 1. The molecular formula is C14H20N2O3. The maximum absolute atomic E-state index is 10.9. The number of rotatable bonds is 3. The van der Waals surface area contributed by atoms with Gasteiger partial charge in [-0.1, -0.05) is 6.92 Å². The topological polar surface area (TPSA) is 66.6 Å². The van der Waals surface area contributed by atoms with E-state index in [0.717, 1.165) is 18.7 Å². The fourth-order valence-corrected chi connectivity index (χ4v) is 2.76. The summed E-state index contributed by atoms with van der Waals surface area (Å²) in [6.45, 7) is 5.08. The monoisotopic (exact) mass is 264 g/mol. The zero-order valence-electron chi connectivity index (χ0n) is 11.4. The Balaban J connectivity index is 2.32. The Morgan fingerprint density at radius 3 is 2.84 bits per heavy atom. The maximum atomic E-state index is 10.9. The summed E-state index contributed by atoms with van der Waals surface area (Å²) in [7, 11) is 0. The molecule has 1 aliphatic heterocycles. The van der Waals surface area contributed by atoms with Crippen LogP contribution in [0, 0.1) is 16.0 Å². The van der Waals surface area contributed by atoms with Crippen molar-refractivity contribution in [3.63, 3.8) is 0 Å². The predicted octanol–water partition coefficient (Wildman–Crippen LogP) is 2.71. The highest BCUT2D eigenvalue weighted by Gasteiger charge is 2.26. The summed E-state index contributed by atoms with van der Waals surface area (Å²) in [6.07, 6.45) is 2.36. The van der Waals surface area contributed by atoms with Gasteiger partial charge in [0, 0.05) is 24.3 Å². The van der Waals surface area contributed by atoms with Crippen molar-refractivity contribution in [2.75, 3.05) is 11.4 Å². The molecule has 104 valence electrons. The Morgan fingerprint density at radius 2 is 2.21 bits per heavy atom. The minimum atomic E-state index is -0.447. The van der Waals surface area contributed by atoms with Gasteiger partial charge in [-0.25, -0.2) is 0 Å². The standard InChI is InChI=1S/C14H20N2O3/c1-10-4-3-7-15(11(10)2)13-5-6-14(16(18)19)12(8-13)9-17/h5-6,8,10-11,17H,3-4,7,9H2,1-2H3. The van der Waals surface area contributed by atoms with Crippen LogP contribution in [0.25, 0.3) is 0 Å². The second-order valence-corrected chi connectivity index (χ2v) is 5.28.